The van der Waals surface area contributed by atoms with Gasteiger partial charge in [-0.3, -0.25) is 0 Å². The molecule has 0 atom stereocenters. The van der Waals surface area contributed by atoms with Crippen molar-refractivity contribution >= 4 is 120 Å². The quantitative estimate of drug-likeness (QED) is 0.259. The van der Waals surface area contributed by atoms with E-state index in [1.807, 2.05) is 0 Å². The maximum atomic E-state index is 0. The van der Waals surface area contributed by atoms with Crippen LogP contribution in [0.15, 0.2) is 0 Å². The molecule has 0 aliphatic carbocycles. The van der Waals surface area contributed by atoms with Crippen molar-refractivity contribution in [3.05, 3.63) is 0 Å². The van der Waals surface area contributed by atoms with Crippen molar-refractivity contribution in [3.8, 4) is 0 Å². The molecule has 0 aromatic heterocycles. The zero-order chi connectivity index (χ0) is 0. The van der Waals surface area contributed by atoms with Crippen LogP contribution in [-0.2, 0) is 22.4 Å². The molecule has 0 fully saturated rings. The van der Waals surface area contributed by atoms with E-state index in [2.05, 4.69) is 0 Å². The molecule has 0 aromatic rings. The summed E-state index contributed by atoms with van der Waals surface area (Å²) < 4.78 is 0. The summed E-state index contributed by atoms with van der Waals surface area (Å²) in [5.41, 5.74) is 0. The van der Waals surface area contributed by atoms with E-state index in [0.717, 1.165) is 0 Å². The van der Waals surface area contributed by atoms with Crippen LogP contribution in [0.3, 0.4) is 0 Å². The predicted molar refractivity (Wildman–Crippen MR) is 28.8 cm³/mol. The van der Waals surface area contributed by atoms with Gasteiger partial charge in [0.15, 0.2) is 0 Å². The van der Waals surface area contributed by atoms with Gasteiger partial charge in [-0.05, 0) is 0 Å². The van der Waals surface area contributed by atoms with Gasteiger partial charge in [0.2, 0.25) is 0 Å². The number of hydrogen-bond donors (Lipinski definition) is 0. The zero-order valence-electron chi connectivity index (χ0n) is 2.80. The minimum Gasteiger partial charge on any atom is 0 e. The van der Waals surface area contributed by atoms with Crippen molar-refractivity contribution in [2.45, 2.75) is 0 Å². The van der Waals surface area contributed by atoms with Gasteiger partial charge in [0.05, 0.1) is 0 Å². The minimum absolute atomic E-state index is 0. The summed E-state index contributed by atoms with van der Waals surface area (Å²) in [6.45, 7) is 0. The summed E-state index contributed by atoms with van der Waals surface area (Å²) in [5.74, 6) is 0. The monoisotopic (exact) mass is 706 g/mol. The molecule has 6 heavy (non-hydrogen) atoms. The van der Waals surface area contributed by atoms with Crippen molar-refractivity contribution in [2.75, 3.05) is 0 Å². The molecule has 0 unspecified atom stereocenters. The van der Waals surface area contributed by atoms with E-state index in [9.17, 15) is 0 Å². The van der Waals surface area contributed by atoms with Crippen LogP contribution < -0.4 is 0 Å². The summed E-state index contributed by atoms with van der Waals surface area (Å²) in [6.07, 6.45) is 0. The fourth-order valence-corrected chi connectivity index (χ4v) is 0. The van der Waals surface area contributed by atoms with E-state index in [0.29, 0.717) is 0 Å². The Hall–Kier alpha value is 4.73. The summed E-state index contributed by atoms with van der Waals surface area (Å²) in [7, 11) is 0. The molecular weight excluding hydrogens is 701 g/mol. The molecule has 31 valence electrons. The fourth-order valence-electron chi connectivity index (χ4n) is 0. The van der Waals surface area contributed by atoms with Crippen LogP contribution >= 0.6 is 0 Å². The summed E-state index contributed by atoms with van der Waals surface area (Å²) in [5, 5.41) is 0. The standard InChI is InChI=1S/Ag.5Sn. The predicted octanol–water partition coefficient (Wildman–Crippen LogP) is -1.91. The summed E-state index contributed by atoms with van der Waals surface area (Å²) >= 11 is 0. The van der Waals surface area contributed by atoms with E-state index < -0.39 is 0 Å². The van der Waals surface area contributed by atoms with Crippen LogP contribution in [0, 0.1) is 0 Å². The van der Waals surface area contributed by atoms with Gasteiger partial charge in [-0.1, -0.05) is 0 Å². The molecule has 0 spiro atoms. The Morgan fingerprint density at radius 2 is 0.333 bits per heavy atom. The van der Waals surface area contributed by atoms with Crippen molar-refractivity contribution in [2.24, 2.45) is 0 Å². The first kappa shape index (κ1) is 45.4. The Kier molecular flexibility index (Phi) is 251. The Morgan fingerprint density at radius 3 is 0.333 bits per heavy atom. The van der Waals surface area contributed by atoms with Crippen LogP contribution in [0.5, 0.6) is 0 Å². The molecule has 0 rings (SSSR count). The van der Waals surface area contributed by atoms with E-state index in [1.165, 1.54) is 0 Å². The molecule has 0 N–H and O–H groups in total. The van der Waals surface area contributed by atoms with Gasteiger partial charge < -0.3 is 0 Å². The van der Waals surface area contributed by atoms with Gasteiger partial charge in [0.25, 0.3) is 0 Å². The van der Waals surface area contributed by atoms with Crippen LogP contribution in [0.1, 0.15) is 0 Å². The van der Waals surface area contributed by atoms with E-state index >= 15 is 0 Å². The normalized spacial score (nSPS) is 0. The molecule has 0 saturated carbocycles. The molecule has 0 amide bonds. The first-order valence-corrected chi connectivity index (χ1v) is 0. The van der Waals surface area contributed by atoms with Crippen LogP contribution in [0.25, 0.3) is 0 Å². The zero-order valence-corrected chi connectivity index (χ0v) is 18.6. The first-order valence-electron chi connectivity index (χ1n) is 0. The second kappa shape index (κ2) is 33.1. The van der Waals surface area contributed by atoms with Gasteiger partial charge >= 0.3 is 0 Å². The molecule has 0 aromatic carbocycles. The van der Waals surface area contributed by atoms with E-state index in [1.54, 1.807) is 0 Å². The molecule has 0 nitrogen and oxygen atoms in total. The smallest absolute Gasteiger partial charge is 0 e. The maximum absolute atomic E-state index is 0. The number of hydrogen-bond acceptors (Lipinski definition) is 0. The molecule has 0 aliphatic heterocycles. The SMILES string of the molecule is [Ag].[Sn].[Sn].[Sn].[Sn].[Sn]. The fraction of sp³-hybridized carbons (Fsp3) is 0. The second-order valence-electron chi connectivity index (χ2n) is 0. The Morgan fingerprint density at radius 1 is 0.333 bits per heavy atom. The minimum atomic E-state index is 0. The van der Waals surface area contributed by atoms with Crippen molar-refractivity contribution in [1.82, 2.24) is 0 Å². The molecule has 0 aliphatic rings. The van der Waals surface area contributed by atoms with Crippen molar-refractivity contribution in [1.29, 1.82) is 0 Å². The molecule has 0 bridgehead atoms. The molecular formula is AgSn5. The summed E-state index contributed by atoms with van der Waals surface area (Å²) in [6, 6.07) is 0. The van der Waals surface area contributed by atoms with Gasteiger partial charge in [-0.2, -0.15) is 0 Å². The molecule has 6 heteroatoms. The van der Waals surface area contributed by atoms with Crippen molar-refractivity contribution in [3.63, 3.8) is 0 Å². The summed E-state index contributed by atoms with van der Waals surface area (Å²) in [4.78, 5) is 0. The van der Waals surface area contributed by atoms with Crippen LogP contribution in [0.2, 0.25) is 0 Å². The second-order valence-corrected chi connectivity index (χ2v) is 0. The third-order valence-electron chi connectivity index (χ3n) is 0. The Balaban J connectivity index is 0. The van der Waals surface area contributed by atoms with Gasteiger partial charge in [-0.15, -0.1) is 0 Å². The molecule has 0 saturated heterocycles. The van der Waals surface area contributed by atoms with Crippen LogP contribution in [-0.4, -0.2) is 120 Å². The molecule has 21 radical (unpaired) electrons. The topological polar surface area (TPSA) is 0 Å². The first-order chi connectivity index (χ1) is 0. The third kappa shape index (κ3) is 23.3. The van der Waals surface area contributed by atoms with Gasteiger partial charge in [0, 0.05) is 142 Å². The van der Waals surface area contributed by atoms with Crippen molar-refractivity contribution < 1.29 is 22.4 Å². The number of rotatable bonds is 0. The Bertz CT molecular complexity index is 3.90. The van der Waals surface area contributed by atoms with E-state index in [-0.39, 0.29) is 142 Å². The van der Waals surface area contributed by atoms with E-state index in [4.69, 9.17) is 0 Å². The van der Waals surface area contributed by atoms with Gasteiger partial charge in [0.1, 0.15) is 0 Å². The Labute approximate surface area is 138 Å². The third-order valence-corrected chi connectivity index (χ3v) is 0. The van der Waals surface area contributed by atoms with Gasteiger partial charge in [-0.25, -0.2) is 0 Å². The largest absolute Gasteiger partial charge is 0 e. The maximum Gasteiger partial charge on any atom is 0 e. The average Bonchev–Trinajstić information content (AvgIpc) is 0. The average molecular weight is 701 g/mol. The molecule has 0 heterocycles. The van der Waals surface area contributed by atoms with Crippen LogP contribution in [0.4, 0.5) is 0 Å².